The number of rotatable bonds is 3. The Morgan fingerprint density at radius 2 is 2.18 bits per heavy atom. The number of aromatic carboxylic acids is 1. The summed E-state index contributed by atoms with van der Waals surface area (Å²) in [7, 11) is 0. The van der Waals surface area contributed by atoms with Crippen molar-refractivity contribution < 1.29 is 14.6 Å². The summed E-state index contributed by atoms with van der Waals surface area (Å²) in [6, 6.07) is 7.89. The van der Waals surface area contributed by atoms with Gasteiger partial charge in [-0.05, 0) is 24.3 Å². The number of ether oxygens (including phenoxy) is 1. The predicted octanol–water partition coefficient (Wildman–Crippen LogP) is 2.62. The summed E-state index contributed by atoms with van der Waals surface area (Å²) in [5.74, 6) is -0.792. The zero-order valence-corrected chi connectivity index (χ0v) is 9.26. The molecule has 0 saturated heterocycles. The Labute approximate surface area is 102 Å². The Bertz CT molecular complexity index is 560. The molecule has 17 heavy (non-hydrogen) atoms. The number of carboxylic acid groups (broad SMARTS) is 1. The first-order valence-electron chi connectivity index (χ1n) is 4.65. The van der Waals surface area contributed by atoms with Gasteiger partial charge in [0.25, 0.3) is 5.88 Å². The maximum absolute atomic E-state index is 10.9. The quantitative estimate of drug-likeness (QED) is 0.907. The van der Waals surface area contributed by atoms with E-state index in [1.54, 1.807) is 24.3 Å². The van der Waals surface area contributed by atoms with Gasteiger partial charge in [-0.15, -0.1) is 5.10 Å². The predicted molar refractivity (Wildman–Crippen MR) is 60.5 cm³/mol. The topological polar surface area (TPSA) is 72.3 Å². The van der Waals surface area contributed by atoms with Gasteiger partial charge < -0.3 is 9.84 Å². The minimum atomic E-state index is -1.13. The maximum atomic E-state index is 10.9. The fourth-order valence-electron chi connectivity index (χ4n) is 1.20. The standard InChI is InChI=1S/C11H7ClN2O3/c12-7-2-1-3-8(6-7)17-10-9(11(15)16)4-5-13-14-10/h1-6H,(H,15,16). The van der Waals surface area contributed by atoms with Gasteiger partial charge in [0.2, 0.25) is 0 Å². The van der Waals surface area contributed by atoms with Gasteiger partial charge in [0.15, 0.2) is 0 Å². The summed E-state index contributed by atoms with van der Waals surface area (Å²) >= 11 is 5.78. The summed E-state index contributed by atoms with van der Waals surface area (Å²) in [4.78, 5) is 10.9. The Morgan fingerprint density at radius 3 is 2.88 bits per heavy atom. The SMILES string of the molecule is O=C(O)c1ccnnc1Oc1cccc(Cl)c1. The van der Waals surface area contributed by atoms with Gasteiger partial charge in [-0.2, -0.15) is 5.10 Å². The summed E-state index contributed by atoms with van der Waals surface area (Å²) in [5, 5.41) is 16.6. The van der Waals surface area contributed by atoms with E-state index in [2.05, 4.69) is 10.2 Å². The van der Waals surface area contributed by atoms with Crippen LogP contribution in [0.3, 0.4) is 0 Å². The molecule has 0 aliphatic heterocycles. The highest BCUT2D eigenvalue weighted by atomic mass is 35.5. The van der Waals surface area contributed by atoms with Crippen LogP contribution in [-0.4, -0.2) is 21.3 Å². The largest absolute Gasteiger partial charge is 0.477 e. The highest BCUT2D eigenvalue weighted by Gasteiger charge is 2.13. The van der Waals surface area contributed by atoms with Crippen molar-refractivity contribution in [3.8, 4) is 11.6 Å². The number of hydrogen-bond donors (Lipinski definition) is 1. The maximum Gasteiger partial charge on any atom is 0.341 e. The van der Waals surface area contributed by atoms with Crippen LogP contribution in [0.4, 0.5) is 0 Å². The van der Waals surface area contributed by atoms with Crippen LogP contribution in [0.5, 0.6) is 11.6 Å². The lowest BCUT2D eigenvalue weighted by Gasteiger charge is -2.06. The van der Waals surface area contributed by atoms with E-state index in [-0.39, 0.29) is 11.4 Å². The van der Waals surface area contributed by atoms with Crippen LogP contribution in [0.1, 0.15) is 10.4 Å². The Morgan fingerprint density at radius 1 is 1.35 bits per heavy atom. The number of carbonyl (C=O) groups is 1. The molecule has 2 rings (SSSR count). The molecule has 6 heteroatoms. The van der Waals surface area contributed by atoms with Crippen LogP contribution >= 0.6 is 11.6 Å². The highest BCUT2D eigenvalue weighted by molar-refractivity contribution is 6.30. The van der Waals surface area contributed by atoms with Crippen molar-refractivity contribution in [2.75, 3.05) is 0 Å². The first kappa shape index (κ1) is 11.3. The van der Waals surface area contributed by atoms with E-state index in [4.69, 9.17) is 21.4 Å². The molecule has 0 fully saturated rings. The number of nitrogens with zero attached hydrogens (tertiary/aromatic N) is 2. The number of aromatic nitrogens is 2. The molecular formula is C11H7ClN2O3. The van der Waals surface area contributed by atoms with Gasteiger partial charge in [-0.1, -0.05) is 17.7 Å². The van der Waals surface area contributed by atoms with E-state index in [0.717, 1.165) is 0 Å². The molecule has 0 saturated carbocycles. The molecule has 0 radical (unpaired) electrons. The molecule has 0 aliphatic carbocycles. The molecular weight excluding hydrogens is 244 g/mol. The summed E-state index contributed by atoms with van der Waals surface area (Å²) < 4.78 is 5.31. The second-order valence-corrected chi connectivity index (χ2v) is 3.55. The monoisotopic (exact) mass is 250 g/mol. The Kier molecular flexibility index (Phi) is 3.20. The molecule has 1 aromatic heterocycles. The van der Waals surface area contributed by atoms with Crippen molar-refractivity contribution in [3.05, 3.63) is 47.1 Å². The summed E-state index contributed by atoms with van der Waals surface area (Å²) in [5.41, 5.74) is -0.0556. The third kappa shape index (κ3) is 2.70. The molecule has 0 unspecified atom stereocenters. The molecule has 2 aromatic rings. The molecule has 0 spiro atoms. The summed E-state index contributed by atoms with van der Waals surface area (Å²) in [6.45, 7) is 0. The van der Waals surface area contributed by atoms with Gasteiger partial charge in [-0.3, -0.25) is 0 Å². The molecule has 0 amide bonds. The van der Waals surface area contributed by atoms with Gasteiger partial charge in [0.05, 0.1) is 6.20 Å². The smallest absolute Gasteiger partial charge is 0.341 e. The van der Waals surface area contributed by atoms with Crippen molar-refractivity contribution >= 4 is 17.6 Å². The van der Waals surface area contributed by atoms with Crippen LogP contribution in [0.25, 0.3) is 0 Å². The minimum Gasteiger partial charge on any atom is -0.477 e. The highest BCUT2D eigenvalue weighted by Crippen LogP contribution is 2.24. The second kappa shape index (κ2) is 4.80. The molecule has 5 nitrogen and oxygen atoms in total. The molecule has 1 aromatic carbocycles. The van der Waals surface area contributed by atoms with E-state index in [1.807, 2.05) is 0 Å². The van der Waals surface area contributed by atoms with E-state index in [1.165, 1.54) is 12.3 Å². The Balaban J connectivity index is 2.33. The second-order valence-electron chi connectivity index (χ2n) is 3.11. The van der Waals surface area contributed by atoms with Crippen LogP contribution in [0.15, 0.2) is 36.5 Å². The lowest BCUT2D eigenvalue weighted by Crippen LogP contribution is -2.02. The Hall–Kier alpha value is -2.14. The van der Waals surface area contributed by atoms with Gasteiger partial charge in [0.1, 0.15) is 11.3 Å². The number of hydrogen-bond acceptors (Lipinski definition) is 4. The average molecular weight is 251 g/mol. The first-order valence-corrected chi connectivity index (χ1v) is 5.03. The van der Waals surface area contributed by atoms with Crippen molar-refractivity contribution in [1.29, 1.82) is 0 Å². The normalized spacial score (nSPS) is 9.94. The molecule has 86 valence electrons. The van der Waals surface area contributed by atoms with Gasteiger partial charge >= 0.3 is 5.97 Å². The van der Waals surface area contributed by atoms with Crippen LogP contribution in [0, 0.1) is 0 Å². The van der Waals surface area contributed by atoms with Crippen molar-refractivity contribution in [3.63, 3.8) is 0 Å². The van der Waals surface area contributed by atoms with E-state index in [0.29, 0.717) is 10.8 Å². The number of halogens is 1. The van der Waals surface area contributed by atoms with Crippen molar-refractivity contribution in [1.82, 2.24) is 10.2 Å². The fraction of sp³-hybridized carbons (Fsp3) is 0. The molecule has 1 N–H and O–H groups in total. The zero-order valence-electron chi connectivity index (χ0n) is 8.50. The summed E-state index contributed by atoms with van der Waals surface area (Å²) in [6.07, 6.45) is 1.29. The van der Waals surface area contributed by atoms with Crippen LogP contribution < -0.4 is 4.74 Å². The van der Waals surface area contributed by atoms with Crippen molar-refractivity contribution in [2.24, 2.45) is 0 Å². The molecule has 0 atom stereocenters. The van der Waals surface area contributed by atoms with Crippen LogP contribution in [-0.2, 0) is 0 Å². The third-order valence-electron chi connectivity index (χ3n) is 1.93. The minimum absolute atomic E-state index is 0.0556. The molecule has 1 heterocycles. The van der Waals surface area contributed by atoms with Gasteiger partial charge in [-0.25, -0.2) is 4.79 Å². The average Bonchev–Trinajstić information content (AvgIpc) is 2.29. The van der Waals surface area contributed by atoms with E-state index < -0.39 is 5.97 Å². The fourth-order valence-corrected chi connectivity index (χ4v) is 1.38. The lowest BCUT2D eigenvalue weighted by atomic mass is 10.3. The molecule has 0 bridgehead atoms. The first-order chi connectivity index (χ1) is 8.16. The zero-order chi connectivity index (χ0) is 12.3. The van der Waals surface area contributed by atoms with Gasteiger partial charge in [0, 0.05) is 5.02 Å². The molecule has 0 aliphatic rings. The van der Waals surface area contributed by atoms with E-state index in [9.17, 15) is 4.79 Å². The van der Waals surface area contributed by atoms with E-state index >= 15 is 0 Å². The van der Waals surface area contributed by atoms with Crippen LogP contribution in [0.2, 0.25) is 5.02 Å². The van der Waals surface area contributed by atoms with Crippen molar-refractivity contribution in [2.45, 2.75) is 0 Å². The number of carboxylic acids is 1. The lowest BCUT2D eigenvalue weighted by molar-refractivity contribution is 0.0693. The third-order valence-corrected chi connectivity index (χ3v) is 2.16. The number of benzene rings is 1.